The van der Waals surface area contributed by atoms with Crippen molar-refractivity contribution in [1.29, 1.82) is 0 Å². The standard InChI is InChI=1S/C28H38N2O/c1-27(2,3)19-11-13-30(14-12-19)20-15-18(16-20)23-17-24-25(22-10-8-7-9-21(22)23)26(29-31-24)28(4,5)6/h7-10,17-20H,11-16H2,1-6H3. The Morgan fingerprint density at radius 1 is 0.935 bits per heavy atom. The average molecular weight is 419 g/mol. The van der Waals surface area contributed by atoms with Crippen molar-refractivity contribution in [2.24, 2.45) is 11.3 Å². The molecule has 3 nitrogen and oxygen atoms in total. The Hall–Kier alpha value is -1.87. The van der Waals surface area contributed by atoms with Crippen molar-refractivity contribution in [2.75, 3.05) is 13.1 Å². The van der Waals surface area contributed by atoms with Crippen LogP contribution in [0.2, 0.25) is 0 Å². The lowest BCUT2D eigenvalue weighted by molar-refractivity contribution is 0.0444. The first-order valence-corrected chi connectivity index (χ1v) is 12.2. The fraction of sp³-hybridized carbons (Fsp3) is 0.607. The monoisotopic (exact) mass is 418 g/mol. The van der Waals surface area contributed by atoms with Crippen LogP contribution in [-0.4, -0.2) is 29.2 Å². The number of likely N-dealkylation sites (tertiary alicyclic amines) is 1. The Morgan fingerprint density at radius 3 is 2.19 bits per heavy atom. The van der Waals surface area contributed by atoms with Crippen LogP contribution >= 0.6 is 0 Å². The van der Waals surface area contributed by atoms with Crippen LogP contribution in [0.4, 0.5) is 0 Å². The average Bonchev–Trinajstić information content (AvgIpc) is 3.11. The van der Waals surface area contributed by atoms with Gasteiger partial charge in [-0.2, -0.15) is 0 Å². The maximum Gasteiger partial charge on any atom is 0.168 e. The van der Waals surface area contributed by atoms with Crippen LogP contribution < -0.4 is 0 Å². The highest BCUT2D eigenvalue weighted by atomic mass is 16.5. The second-order valence-electron chi connectivity index (χ2n) is 12.2. The second-order valence-corrected chi connectivity index (χ2v) is 12.2. The largest absolute Gasteiger partial charge is 0.356 e. The molecule has 2 heterocycles. The fourth-order valence-electron chi connectivity index (χ4n) is 5.95. The molecule has 1 aromatic heterocycles. The Labute approximate surface area is 187 Å². The number of hydrogen-bond donors (Lipinski definition) is 0. The third kappa shape index (κ3) is 3.69. The summed E-state index contributed by atoms with van der Waals surface area (Å²) in [5.74, 6) is 1.50. The summed E-state index contributed by atoms with van der Waals surface area (Å²) in [5, 5.41) is 8.38. The molecule has 0 spiro atoms. The molecule has 2 aromatic carbocycles. The van der Waals surface area contributed by atoms with Crippen molar-refractivity contribution in [3.05, 3.63) is 41.6 Å². The lowest BCUT2D eigenvalue weighted by Gasteiger charge is -2.48. The summed E-state index contributed by atoms with van der Waals surface area (Å²) in [7, 11) is 0. The van der Waals surface area contributed by atoms with Crippen LogP contribution in [0.25, 0.3) is 21.7 Å². The Kier molecular flexibility index (Phi) is 4.97. The van der Waals surface area contributed by atoms with Crippen molar-refractivity contribution < 1.29 is 4.52 Å². The van der Waals surface area contributed by atoms with Gasteiger partial charge in [0.2, 0.25) is 0 Å². The molecular weight excluding hydrogens is 380 g/mol. The molecule has 5 rings (SSSR count). The summed E-state index contributed by atoms with van der Waals surface area (Å²) in [6.07, 6.45) is 5.26. The summed E-state index contributed by atoms with van der Waals surface area (Å²) in [5.41, 5.74) is 3.90. The molecule has 0 amide bonds. The first-order chi connectivity index (χ1) is 14.6. The molecule has 31 heavy (non-hydrogen) atoms. The van der Waals surface area contributed by atoms with E-state index in [0.29, 0.717) is 11.3 Å². The van der Waals surface area contributed by atoms with Crippen LogP contribution in [0, 0.1) is 11.3 Å². The minimum atomic E-state index is -0.0315. The summed E-state index contributed by atoms with van der Waals surface area (Å²) < 4.78 is 5.87. The SMILES string of the molecule is CC(C)(C)c1noc2cc(C3CC(N4CCC(C(C)(C)C)CC4)C3)c3ccccc3c12. The highest BCUT2D eigenvalue weighted by molar-refractivity contribution is 6.09. The topological polar surface area (TPSA) is 29.3 Å². The zero-order valence-corrected chi connectivity index (χ0v) is 20.2. The van der Waals surface area contributed by atoms with Crippen molar-refractivity contribution in [1.82, 2.24) is 10.1 Å². The highest BCUT2D eigenvalue weighted by Gasteiger charge is 2.39. The molecule has 166 valence electrons. The number of piperidine rings is 1. The summed E-state index contributed by atoms with van der Waals surface area (Å²) in [4.78, 5) is 2.77. The van der Waals surface area contributed by atoms with Crippen LogP contribution in [0.5, 0.6) is 0 Å². The van der Waals surface area contributed by atoms with Gasteiger partial charge >= 0.3 is 0 Å². The van der Waals surface area contributed by atoms with Gasteiger partial charge in [-0.1, -0.05) is 71.0 Å². The minimum absolute atomic E-state index is 0.0315. The molecule has 1 aliphatic heterocycles. The van der Waals surface area contributed by atoms with Crippen molar-refractivity contribution in [2.45, 2.75) is 84.6 Å². The van der Waals surface area contributed by atoms with Crippen LogP contribution in [-0.2, 0) is 5.41 Å². The molecule has 0 atom stereocenters. The van der Waals surface area contributed by atoms with Crippen LogP contribution in [0.3, 0.4) is 0 Å². The van der Waals surface area contributed by atoms with Gasteiger partial charge in [-0.25, -0.2) is 0 Å². The van der Waals surface area contributed by atoms with E-state index in [9.17, 15) is 0 Å². The number of rotatable bonds is 2. The van der Waals surface area contributed by atoms with Crippen molar-refractivity contribution in [3.8, 4) is 0 Å². The van der Waals surface area contributed by atoms with E-state index in [1.807, 2.05) is 0 Å². The minimum Gasteiger partial charge on any atom is -0.356 e. The molecule has 0 radical (unpaired) electrons. The molecule has 0 bridgehead atoms. The van der Waals surface area contributed by atoms with Crippen LogP contribution in [0.1, 0.15) is 84.4 Å². The Morgan fingerprint density at radius 2 is 1.58 bits per heavy atom. The molecule has 1 aliphatic carbocycles. The van der Waals surface area contributed by atoms with E-state index < -0.39 is 0 Å². The zero-order valence-electron chi connectivity index (χ0n) is 20.2. The van der Waals surface area contributed by atoms with Gasteiger partial charge in [0, 0.05) is 11.5 Å². The smallest absolute Gasteiger partial charge is 0.168 e. The molecule has 3 aromatic rings. The molecule has 1 saturated heterocycles. The van der Waals surface area contributed by atoms with Gasteiger partial charge < -0.3 is 9.42 Å². The van der Waals surface area contributed by atoms with Crippen molar-refractivity contribution >= 4 is 21.7 Å². The molecule has 2 aliphatic rings. The molecule has 3 heteroatoms. The van der Waals surface area contributed by atoms with Gasteiger partial charge in [-0.15, -0.1) is 0 Å². The third-order valence-electron chi connectivity index (χ3n) is 8.05. The lowest BCUT2D eigenvalue weighted by Crippen LogP contribution is -2.48. The molecule has 0 unspecified atom stereocenters. The maximum atomic E-state index is 5.87. The van der Waals surface area contributed by atoms with Gasteiger partial charge in [0.1, 0.15) is 0 Å². The predicted molar refractivity (Wildman–Crippen MR) is 130 cm³/mol. The van der Waals surface area contributed by atoms with E-state index in [4.69, 9.17) is 4.52 Å². The summed E-state index contributed by atoms with van der Waals surface area (Å²) in [6, 6.07) is 11.9. The normalized spacial score (nSPS) is 24.1. The van der Waals surface area contributed by atoms with Gasteiger partial charge in [-0.3, -0.25) is 0 Å². The van der Waals surface area contributed by atoms with Gasteiger partial charge in [0.05, 0.1) is 11.1 Å². The molecule has 0 N–H and O–H groups in total. The molecule has 2 fully saturated rings. The summed E-state index contributed by atoms with van der Waals surface area (Å²) >= 11 is 0. The summed E-state index contributed by atoms with van der Waals surface area (Å²) in [6.45, 7) is 16.4. The lowest BCUT2D eigenvalue weighted by atomic mass is 9.71. The van der Waals surface area contributed by atoms with Gasteiger partial charge in [-0.05, 0) is 78.4 Å². The Bertz CT molecular complexity index is 1080. The first-order valence-electron chi connectivity index (χ1n) is 12.2. The van der Waals surface area contributed by atoms with E-state index in [1.165, 1.54) is 60.5 Å². The van der Waals surface area contributed by atoms with E-state index in [2.05, 4.69) is 81.9 Å². The number of aromatic nitrogens is 1. The number of fused-ring (bicyclic) bond motifs is 3. The number of benzene rings is 2. The predicted octanol–water partition coefficient (Wildman–Crippen LogP) is 7.28. The molecule has 1 saturated carbocycles. The second kappa shape index (κ2) is 7.33. The molecular formula is C28H38N2O. The van der Waals surface area contributed by atoms with Gasteiger partial charge in [0.25, 0.3) is 0 Å². The van der Waals surface area contributed by atoms with Crippen molar-refractivity contribution in [3.63, 3.8) is 0 Å². The Balaban J connectivity index is 1.39. The zero-order chi connectivity index (χ0) is 22.0. The van der Waals surface area contributed by atoms with Gasteiger partial charge in [0.15, 0.2) is 5.58 Å². The maximum absolute atomic E-state index is 5.87. The third-order valence-corrected chi connectivity index (χ3v) is 8.05. The van der Waals surface area contributed by atoms with E-state index in [0.717, 1.165) is 23.2 Å². The number of hydrogen-bond acceptors (Lipinski definition) is 3. The van der Waals surface area contributed by atoms with E-state index >= 15 is 0 Å². The van der Waals surface area contributed by atoms with E-state index in [1.54, 1.807) is 0 Å². The first kappa shape index (κ1) is 21.0. The van der Waals surface area contributed by atoms with Crippen LogP contribution in [0.15, 0.2) is 34.9 Å². The number of nitrogens with zero attached hydrogens (tertiary/aromatic N) is 2. The van der Waals surface area contributed by atoms with E-state index in [-0.39, 0.29) is 5.41 Å². The quantitative estimate of drug-likeness (QED) is 0.438. The fourth-order valence-corrected chi connectivity index (χ4v) is 5.95. The highest BCUT2D eigenvalue weighted by Crippen LogP contribution is 2.46.